The van der Waals surface area contributed by atoms with Crippen LogP contribution in [0, 0.1) is 5.41 Å². The van der Waals surface area contributed by atoms with Crippen molar-refractivity contribution in [3.05, 3.63) is 0 Å². The van der Waals surface area contributed by atoms with Gasteiger partial charge < -0.3 is 10.2 Å². The summed E-state index contributed by atoms with van der Waals surface area (Å²) in [5.74, 6) is -0.0318. The molecule has 18 heavy (non-hydrogen) atoms. The lowest BCUT2D eigenvalue weighted by Crippen LogP contribution is -2.63. The van der Waals surface area contributed by atoms with E-state index in [0.717, 1.165) is 0 Å². The molecule has 0 aliphatic carbocycles. The molecule has 1 aliphatic heterocycles. The number of nitrogens with one attached hydrogen (secondary N) is 1. The molecule has 1 unspecified atom stereocenters. The molecule has 2 amide bonds. The van der Waals surface area contributed by atoms with E-state index in [4.69, 9.17) is 0 Å². The summed E-state index contributed by atoms with van der Waals surface area (Å²) in [6.45, 7) is 10.9. The first-order valence-electron chi connectivity index (χ1n) is 6.20. The molecule has 0 spiro atoms. The molecular weight excluding hydrogens is 248 g/mol. The van der Waals surface area contributed by atoms with Crippen LogP contribution in [-0.2, 0) is 9.59 Å². The molecule has 1 rings (SSSR count). The first-order chi connectivity index (χ1) is 8.07. The third-order valence-electron chi connectivity index (χ3n) is 3.19. The second kappa shape index (κ2) is 5.11. The summed E-state index contributed by atoms with van der Waals surface area (Å²) in [7, 11) is 0. The Balaban J connectivity index is 2.87. The van der Waals surface area contributed by atoms with Crippen LogP contribution >= 0.6 is 11.8 Å². The Morgan fingerprint density at radius 1 is 1.28 bits per heavy atom. The fraction of sp³-hybridized carbons (Fsp3) is 0.846. The summed E-state index contributed by atoms with van der Waals surface area (Å²) < 4.78 is -0.0320. The summed E-state index contributed by atoms with van der Waals surface area (Å²) in [6, 6.07) is -0.420. The van der Waals surface area contributed by atoms with E-state index in [1.165, 1.54) is 0 Å². The normalized spacial score (nSPS) is 22.1. The molecule has 104 valence electrons. The summed E-state index contributed by atoms with van der Waals surface area (Å²) >= 11 is 1.71. The van der Waals surface area contributed by atoms with Crippen LogP contribution in [0.1, 0.15) is 34.6 Å². The van der Waals surface area contributed by atoms with Gasteiger partial charge in [-0.15, -0.1) is 0 Å². The minimum atomic E-state index is -0.420. The number of carbonyl (C=O) groups is 2. The topological polar surface area (TPSA) is 49.4 Å². The summed E-state index contributed by atoms with van der Waals surface area (Å²) in [5, 5.41) is 2.80. The van der Waals surface area contributed by atoms with Crippen LogP contribution in [0.4, 0.5) is 0 Å². The Kier molecular flexibility index (Phi) is 4.36. The highest BCUT2D eigenvalue weighted by atomic mass is 32.2. The number of hydrogen-bond acceptors (Lipinski definition) is 3. The van der Waals surface area contributed by atoms with E-state index in [1.54, 1.807) is 16.7 Å². The van der Waals surface area contributed by atoms with Crippen LogP contribution in [0.2, 0.25) is 0 Å². The molecule has 0 aromatic rings. The van der Waals surface area contributed by atoms with E-state index >= 15 is 0 Å². The number of hydrogen-bond donors (Lipinski definition) is 1. The fourth-order valence-corrected chi connectivity index (χ4v) is 2.23. The lowest BCUT2D eigenvalue weighted by molar-refractivity contribution is -0.147. The number of carbonyl (C=O) groups excluding carboxylic acids is 2. The van der Waals surface area contributed by atoms with Crippen LogP contribution in [0.25, 0.3) is 0 Å². The van der Waals surface area contributed by atoms with E-state index in [2.05, 4.69) is 19.2 Å². The second-order valence-corrected chi connectivity index (χ2v) is 8.04. The minimum Gasteiger partial charge on any atom is -0.342 e. The van der Waals surface area contributed by atoms with Crippen molar-refractivity contribution in [2.75, 3.05) is 19.3 Å². The van der Waals surface area contributed by atoms with Crippen LogP contribution in [0.15, 0.2) is 0 Å². The Morgan fingerprint density at radius 2 is 1.83 bits per heavy atom. The van der Waals surface area contributed by atoms with Crippen LogP contribution in [0.3, 0.4) is 0 Å². The zero-order valence-electron chi connectivity index (χ0n) is 12.2. The quantitative estimate of drug-likeness (QED) is 0.847. The minimum absolute atomic E-state index is 0.0317. The van der Waals surface area contributed by atoms with Crippen molar-refractivity contribution in [3.8, 4) is 0 Å². The lowest BCUT2D eigenvalue weighted by Gasteiger charge is -2.41. The van der Waals surface area contributed by atoms with E-state index in [0.29, 0.717) is 6.54 Å². The molecule has 0 aromatic carbocycles. The molecule has 0 saturated carbocycles. The molecule has 1 aliphatic rings. The smallest absolute Gasteiger partial charge is 0.246 e. The van der Waals surface area contributed by atoms with Crippen LogP contribution in [-0.4, -0.2) is 46.8 Å². The molecular formula is C13H24N2O2S. The average molecular weight is 272 g/mol. The van der Waals surface area contributed by atoms with Gasteiger partial charge in [0.15, 0.2) is 0 Å². The molecule has 1 atom stereocenters. The number of thioether (sulfide) groups is 1. The third-order valence-corrected chi connectivity index (χ3v) is 4.42. The highest BCUT2D eigenvalue weighted by Crippen LogP contribution is 2.27. The highest BCUT2D eigenvalue weighted by Gasteiger charge is 2.41. The number of amides is 2. The van der Waals surface area contributed by atoms with Crippen molar-refractivity contribution in [3.63, 3.8) is 0 Å². The summed E-state index contributed by atoms with van der Waals surface area (Å²) in [4.78, 5) is 25.8. The maximum Gasteiger partial charge on any atom is 0.246 e. The van der Waals surface area contributed by atoms with Crippen molar-refractivity contribution in [1.29, 1.82) is 0 Å². The molecule has 4 nitrogen and oxygen atoms in total. The first kappa shape index (κ1) is 15.3. The molecule has 0 radical (unpaired) electrons. The SMILES string of the molecule is CSC(C)(C)CN1CC(=O)NC(C(C)(C)C)C1=O. The van der Waals surface area contributed by atoms with E-state index < -0.39 is 6.04 Å². The zero-order valence-corrected chi connectivity index (χ0v) is 13.0. The number of nitrogens with zero attached hydrogens (tertiary/aromatic N) is 1. The predicted octanol–water partition coefficient (Wildman–Crippen LogP) is 1.50. The van der Waals surface area contributed by atoms with Gasteiger partial charge in [0.05, 0.1) is 6.54 Å². The van der Waals surface area contributed by atoms with Gasteiger partial charge in [0.25, 0.3) is 0 Å². The van der Waals surface area contributed by atoms with Gasteiger partial charge in [-0.25, -0.2) is 0 Å². The van der Waals surface area contributed by atoms with Crippen LogP contribution < -0.4 is 5.32 Å². The Morgan fingerprint density at radius 3 is 2.28 bits per heavy atom. The molecule has 1 saturated heterocycles. The Bertz CT molecular complexity index is 347. The molecule has 0 aromatic heterocycles. The maximum atomic E-state index is 12.4. The van der Waals surface area contributed by atoms with E-state index in [-0.39, 0.29) is 28.5 Å². The Labute approximate surface area is 114 Å². The van der Waals surface area contributed by atoms with Gasteiger partial charge in [-0.2, -0.15) is 11.8 Å². The van der Waals surface area contributed by atoms with Crippen LogP contribution in [0.5, 0.6) is 0 Å². The standard InChI is InChI=1S/C13H24N2O2S/c1-12(2,3)10-11(17)15(7-9(16)14-10)8-13(4,5)18-6/h10H,7-8H2,1-6H3,(H,14,16). The third kappa shape index (κ3) is 3.64. The first-order valence-corrected chi connectivity index (χ1v) is 7.42. The van der Waals surface area contributed by atoms with Gasteiger partial charge in [-0.05, 0) is 25.5 Å². The maximum absolute atomic E-state index is 12.4. The lowest BCUT2D eigenvalue weighted by atomic mass is 9.84. The second-order valence-electron chi connectivity index (χ2n) is 6.52. The van der Waals surface area contributed by atoms with Gasteiger partial charge in [-0.1, -0.05) is 20.8 Å². The van der Waals surface area contributed by atoms with Gasteiger partial charge in [-0.3, -0.25) is 9.59 Å². The average Bonchev–Trinajstić information content (AvgIpc) is 2.21. The molecule has 5 heteroatoms. The summed E-state index contributed by atoms with van der Waals surface area (Å²) in [6.07, 6.45) is 2.02. The van der Waals surface area contributed by atoms with Gasteiger partial charge in [0.1, 0.15) is 6.04 Å². The van der Waals surface area contributed by atoms with Crippen molar-refractivity contribution in [2.24, 2.45) is 5.41 Å². The van der Waals surface area contributed by atoms with E-state index in [9.17, 15) is 9.59 Å². The fourth-order valence-electron chi connectivity index (χ4n) is 1.95. The largest absolute Gasteiger partial charge is 0.342 e. The highest BCUT2D eigenvalue weighted by molar-refractivity contribution is 7.99. The van der Waals surface area contributed by atoms with Crippen molar-refractivity contribution < 1.29 is 9.59 Å². The predicted molar refractivity (Wildman–Crippen MR) is 75.6 cm³/mol. The van der Waals surface area contributed by atoms with Gasteiger partial charge in [0, 0.05) is 11.3 Å². The van der Waals surface area contributed by atoms with Gasteiger partial charge >= 0.3 is 0 Å². The molecule has 0 bridgehead atoms. The molecule has 1 heterocycles. The molecule has 1 fully saturated rings. The summed E-state index contributed by atoms with van der Waals surface area (Å²) in [5.41, 5.74) is -0.255. The van der Waals surface area contributed by atoms with E-state index in [1.807, 2.05) is 27.0 Å². The van der Waals surface area contributed by atoms with Crippen molar-refractivity contribution in [2.45, 2.75) is 45.4 Å². The Hall–Kier alpha value is -0.710. The number of rotatable bonds is 3. The number of piperazine rings is 1. The molecule has 1 N–H and O–H groups in total. The zero-order chi connectivity index (χ0) is 14.1. The van der Waals surface area contributed by atoms with Gasteiger partial charge in [0.2, 0.25) is 11.8 Å². The monoisotopic (exact) mass is 272 g/mol. The van der Waals surface area contributed by atoms with Crippen molar-refractivity contribution in [1.82, 2.24) is 10.2 Å². The van der Waals surface area contributed by atoms with Crippen molar-refractivity contribution >= 4 is 23.6 Å².